The average Bonchev–Trinajstić information content (AvgIpc) is 2.60. The molecule has 5 heteroatoms. The number of hydrogen-bond acceptors (Lipinski definition) is 4. The molecule has 1 heterocycles. The van der Waals surface area contributed by atoms with Crippen LogP contribution >= 0.6 is 0 Å². The molecular formula is C19H15NO4. The molecule has 0 aliphatic heterocycles. The number of benzene rings is 2. The van der Waals surface area contributed by atoms with E-state index in [2.05, 4.69) is 4.98 Å². The largest absolute Gasteiger partial charge is 0.478 e. The van der Waals surface area contributed by atoms with E-state index in [1.54, 1.807) is 36.4 Å². The van der Waals surface area contributed by atoms with Gasteiger partial charge in [-0.05, 0) is 31.2 Å². The van der Waals surface area contributed by atoms with Crippen molar-refractivity contribution in [2.45, 2.75) is 6.92 Å². The first kappa shape index (κ1) is 15.7. The van der Waals surface area contributed by atoms with Gasteiger partial charge in [-0.2, -0.15) is 0 Å². The Balaban J connectivity index is 2.31. The highest BCUT2D eigenvalue weighted by molar-refractivity contribution is 6.05. The van der Waals surface area contributed by atoms with Gasteiger partial charge >= 0.3 is 11.9 Å². The van der Waals surface area contributed by atoms with Crippen molar-refractivity contribution in [2.24, 2.45) is 0 Å². The number of aryl methyl sites for hydroxylation is 1. The summed E-state index contributed by atoms with van der Waals surface area (Å²) in [5, 5.41) is 10.1. The summed E-state index contributed by atoms with van der Waals surface area (Å²) in [4.78, 5) is 28.2. The van der Waals surface area contributed by atoms with Crippen molar-refractivity contribution in [3.8, 4) is 11.3 Å². The highest BCUT2D eigenvalue weighted by Gasteiger charge is 2.17. The van der Waals surface area contributed by atoms with Crippen LogP contribution in [0, 0.1) is 6.92 Å². The van der Waals surface area contributed by atoms with Crippen molar-refractivity contribution in [2.75, 3.05) is 7.11 Å². The summed E-state index contributed by atoms with van der Waals surface area (Å²) in [6, 6.07) is 13.8. The zero-order valence-electron chi connectivity index (χ0n) is 13.2. The lowest BCUT2D eigenvalue weighted by Crippen LogP contribution is -2.05. The summed E-state index contributed by atoms with van der Waals surface area (Å²) < 4.78 is 4.80. The van der Waals surface area contributed by atoms with Crippen LogP contribution in [0.15, 0.2) is 48.5 Å². The molecule has 0 atom stereocenters. The fourth-order valence-electron chi connectivity index (χ4n) is 2.65. The molecule has 3 rings (SSSR count). The van der Waals surface area contributed by atoms with Crippen molar-refractivity contribution < 1.29 is 19.4 Å². The maximum Gasteiger partial charge on any atom is 0.338 e. The topological polar surface area (TPSA) is 76.5 Å². The van der Waals surface area contributed by atoms with E-state index in [1.165, 1.54) is 13.2 Å². The molecule has 0 saturated carbocycles. The third-order valence-corrected chi connectivity index (χ3v) is 3.80. The highest BCUT2D eigenvalue weighted by Crippen LogP contribution is 2.28. The number of carbonyl (C=O) groups excluding carboxylic acids is 1. The highest BCUT2D eigenvalue weighted by atomic mass is 16.5. The van der Waals surface area contributed by atoms with Crippen LogP contribution in [-0.4, -0.2) is 29.1 Å². The Labute approximate surface area is 138 Å². The molecule has 2 aromatic carbocycles. The molecule has 0 aliphatic rings. The van der Waals surface area contributed by atoms with Crippen molar-refractivity contribution in [1.82, 2.24) is 4.98 Å². The van der Waals surface area contributed by atoms with Gasteiger partial charge in [-0.15, -0.1) is 0 Å². The fraction of sp³-hybridized carbons (Fsp3) is 0.105. The second kappa shape index (κ2) is 6.12. The number of aromatic nitrogens is 1. The first-order valence-corrected chi connectivity index (χ1v) is 7.33. The van der Waals surface area contributed by atoms with E-state index in [-0.39, 0.29) is 5.56 Å². The standard InChI is InChI=1S/C19H15NO4/c1-11-7-8-16-14(9-11)15(18(21)22)10-17(20-16)12-5-3-4-6-13(12)19(23)24-2/h3-10H,1-2H3,(H,21,22). The number of fused-ring (bicyclic) bond motifs is 1. The van der Waals surface area contributed by atoms with Crippen LogP contribution in [0.2, 0.25) is 0 Å². The molecule has 3 aromatic rings. The van der Waals surface area contributed by atoms with E-state index in [0.717, 1.165) is 5.56 Å². The number of esters is 1. The normalized spacial score (nSPS) is 10.6. The van der Waals surface area contributed by atoms with Crippen LogP contribution in [0.1, 0.15) is 26.3 Å². The van der Waals surface area contributed by atoms with Gasteiger partial charge in [0, 0.05) is 10.9 Å². The van der Waals surface area contributed by atoms with Gasteiger partial charge in [-0.1, -0.05) is 29.8 Å². The fourth-order valence-corrected chi connectivity index (χ4v) is 2.65. The summed E-state index contributed by atoms with van der Waals surface area (Å²) >= 11 is 0. The minimum absolute atomic E-state index is 0.151. The Morgan fingerprint density at radius 2 is 1.79 bits per heavy atom. The van der Waals surface area contributed by atoms with Crippen LogP contribution in [0.25, 0.3) is 22.2 Å². The minimum atomic E-state index is -1.04. The lowest BCUT2D eigenvalue weighted by Gasteiger charge is -2.10. The van der Waals surface area contributed by atoms with E-state index < -0.39 is 11.9 Å². The number of rotatable bonds is 3. The molecule has 0 spiro atoms. The predicted molar refractivity (Wildman–Crippen MR) is 90.2 cm³/mol. The van der Waals surface area contributed by atoms with Crippen molar-refractivity contribution in [3.63, 3.8) is 0 Å². The molecule has 0 bridgehead atoms. The molecule has 0 saturated heterocycles. The maximum absolute atomic E-state index is 12.0. The number of ether oxygens (including phenoxy) is 1. The zero-order valence-corrected chi connectivity index (χ0v) is 13.2. The van der Waals surface area contributed by atoms with E-state index >= 15 is 0 Å². The number of aromatic carboxylic acids is 1. The summed E-state index contributed by atoms with van der Waals surface area (Å²) in [6.45, 7) is 1.89. The Morgan fingerprint density at radius 3 is 2.50 bits per heavy atom. The molecule has 1 N–H and O–H groups in total. The number of carbonyl (C=O) groups is 2. The van der Waals surface area contributed by atoms with Gasteiger partial charge in [-0.3, -0.25) is 0 Å². The molecule has 0 aliphatic carbocycles. The van der Waals surface area contributed by atoms with Gasteiger partial charge in [0.1, 0.15) is 0 Å². The smallest absolute Gasteiger partial charge is 0.338 e. The van der Waals surface area contributed by atoms with Crippen LogP contribution in [0.3, 0.4) is 0 Å². The van der Waals surface area contributed by atoms with E-state index in [0.29, 0.717) is 27.7 Å². The van der Waals surface area contributed by atoms with Gasteiger partial charge in [0.05, 0.1) is 29.4 Å². The van der Waals surface area contributed by atoms with Gasteiger partial charge in [0.25, 0.3) is 0 Å². The van der Waals surface area contributed by atoms with Crippen molar-refractivity contribution in [3.05, 3.63) is 65.2 Å². The first-order valence-electron chi connectivity index (χ1n) is 7.33. The lowest BCUT2D eigenvalue weighted by molar-refractivity contribution is 0.0600. The van der Waals surface area contributed by atoms with Crippen molar-refractivity contribution >= 4 is 22.8 Å². The molecule has 0 radical (unpaired) electrons. The molecule has 24 heavy (non-hydrogen) atoms. The number of carboxylic acids is 1. The summed E-state index contributed by atoms with van der Waals surface area (Å²) in [7, 11) is 1.30. The Hall–Kier alpha value is -3.21. The van der Waals surface area contributed by atoms with E-state index in [1.807, 2.05) is 13.0 Å². The second-order valence-corrected chi connectivity index (χ2v) is 5.42. The molecular weight excluding hydrogens is 306 g/mol. The SMILES string of the molecule is COC(=O)c1ccccc1-c1cc(C(=O)O)c2cc(C)ccc2n1. The Kier molecular flexibility index (Phi) is 4.00. The van der Waals surface area contributed by atoms with Crippen molar-refractivity contribution in [1.29, 1.82) is 0 Å². The van der Waals surface area contributed by atoms with Gasteiger partial charge in [-0.25, -0.2) is 14.6 Å². The third kappa shape index (κ3) is 2.72. The number of pyridine rings is 1. The first-order chi connectivity index (χ1) is 11.5. The zero-order chi connectivity index (χ0) is 17.3. The molecule has 5 nitrogen and oxygen atoms in total. The summed E-state index contributed by atoms with van der Waals surface area (Å²) in [5.41, 5.74) is 2.97. The number of nitrogens with zero attached hydrogens (tertiary/aromatic N) is 1. The Morgan fingerprint density at radius 1 is 1.04 bits per heavy atom. The van der Waals surface area contributed by atoms with Crippen LogP contribution in [0.5, 0.6) is 0 Å². The summed E-state index contributed by atoms with van der Waals surface area (Å²) in [6.07, 6.45) is 0. The monoisotopic (exact) mass is 321 g/mol. The molecule has 0 amide bonds. The maximum atomic E-state index is 12.0. The predicted octanol–water partition coefficient (Wildman–Crippen LogP) is 3.70. The molecule has 120 valence electrons. The number of methoxy groups -OCH3 is 1. The van der Waals surface area contributed by atoms with Crippen LogP contribution in [0.4, 0.5) is 0 Å². The summed E-state index contributed by atoms with van der Waals surface area (Å²) in [5.74, 6) is -1.53. The van der Waals surface area contributed by atoms with Crippen LogP contribution in [-0.2, 0) is 4.74 Å². The Bertz CT molecular complexity index is 963. The van der Waals surface area contributed by atoms with Gasteiger partial charge < -0.3 is 9.84 Å². The molecule has 0 unspecified atom stereocenters. The molecule has 0 fully saturated rings. The van der Waals surface area contributed by atoms with Gasteiger partial charge in [0.2, 0.25) is 0 Å². The minimum Gasteiger partial charge on any atom is -0.478 e. The average molecular weight is 321 g/mol. The van der Waals surface area contributed by atoms with E-state index in [4.69, 9.17) is 4.74 Å². The molecule has 1 aromatic heterocycles. The number of carboxylic acid groups (broad SMARTS) is 1. The van der Waals surface area contributed by atoms with E-state index in [9.17, 15) is 14.7 Å². The quantitative estimate of drug-likeness (QED) is 0.744. The third-order valence-electron chi connectivity index (χ3n) is 3.80. The lowest BCUT2D eigenvalue weighted by atomic mass is 9.99. The second-order valence-electron chi connectivity index (χ2n) is 5.42. The van der Waals surface area contributed by atoms with Gasteiger partial charge in [0.15, 0.2) is 0 Å². The van der Waals surface area contributed by atoms with Crippen LogP contribution < -0.4 is 0 Å². The number of hydrogen-bond donors (Lipinski definition) is 1.